The molecule has 2 N–H and O–H groups in total. The monoisotopic (exact) mass is 408 g/mol. The second kappa shape index (κ2) is 8.81. The molecule has 0 bridgehead atoms. The molecule has 4 rings (SSSR count). The molecule has 9 nitrogen and oxygen atoms in total. The van der Waals surface area contributed by atoms with E-state index in [-0.39, 0.29) is 11.9 Å². The highest BCUT2D eigenvalue weighted by molar-refractivity contribution is 5.88. The summed E-state index contributed by atoms with van der Waals surface area (Å²) in [6.45, 7) is 1.97. The fourth-order valence-electron chi connectivity index (χ4n) is 3.45. The van der Waals surface area contributed by atoms with Crippen molar-refractivity contribution in [1.82, 2.24) is 24.8 Å². The maximum Gasteiger partial charge on any atom is 0.320 e. The van der Waals surface area contributed by atoms with Gasteiger partial charge in [0.15, 0.2) is 11.5 Å². The average Bonchev–Trinajstić information content (AvgIpc) is 3.35. The molecule has 1 aliphatic rings. The molecule has 1 saturated heterocycles. The van der Waals surface area contributed by atoms with Gasteiger partial charge in [0.05, 0.1) is 19.0 Å². The fourth-order valence-corrected chi connectivity index (χ4v) is 3.45. The van der Waals surface area contributed by atoms with Crippen LogP contribution in [0, 0.1) is 0 Å². The van der Waals surface area contributed by atoms with Gasteiger partial charge in [-0.2, -0.15) is 5.10 Å². The van der Waals surface area contributed by atoms with Gasteiger partial charge in [-0.3, -0.25) is 10.1 Å². The summed E-state index contributed by atoms with van der Waals surface area (Å²) in [6.07, 6.45) is 3.95. The SMILES string of the molecule is COc1cccc(-c2ccc3nc(NC(=O)NCCCN4CCCC4=O)cn3n2)c1. The summed E-state index contributed by atoms with van der Waals surface area (Å²) in [5.41, 5.74) is 2.32. The number of ether oxygens (including phenoxy) is 1. The normalized spacial score (nSPS) is 13.6. The van der Waals surface area contributed by atoms with Crippen molar-refractivity contribution in [1.29, 1.82) is 0 Å². The largest absolute Gasteiger partial charge is 0.497 e. The minimum Gasteiger partial charge on any atom is -0.497 e. The standard InChI is InChI=1S/C21H24N6O3/c1-30-16-6-2-5-15(13-16)17-8-9-19-23-18(14-27(19)25-17)24-21(29)22-10-4-12-26-11-3-7-20(26)28/h2,5-6,8-9,13-14H,3-4,7,10-12H2,1H3,(H2,22,24,29). The zero-order valence-corrected chi connectivity index (χ0v) is 16.8. The Morgan fingerprint density at radius 1 is 1.27 bits per heavy atom. The first-order valence-corrected chi connectivity index (χ1v) is 9.96. The van der Waals surface area contributed by atoms with Gasteiger partial charge in [0.2, 0.25) is 5.91 Å². The Hall–Kier alpha value is -3.62. The highest BCUT2D eigenvalue weighted by Crippen LogP contribution is 2.22. The average molecular weight is 408 g/mol. The second-order valence-corrected chi connectivity index (χ2v) is 7.10. The van der Waals surface area contributed by atoms with Crippen LogP contribution in [0.3, 0.4) is 0 Å². The van der Waals surface area contributed by atoms with E-state index < -0.39 is 0 Å². The van der Waals surface area contributed by atoms with E-state index in [0.29, 0.717) is 31.0 Å². The molecule has 0 aliphatic carbocycles. The van der Waals surface area contributed by atoms with Gasteiger partial charge in [0.25, 0.3) is 0 Å². The number of fused-ring (bicyclic) bond motifs is 1. The first-order valence-electron chi connectivity index (χ1n) is 9.96. The summed E-state index contributed by atoms with van der Waals surface area (Å²) in [5.74, 6) is 1.37. The third-order valence-electron chi connectivity index (χ3n) is 4.99. The van der Waals surface area contributed by atoms with Crippen LogP contribution in [0.15, 0.2) is 42.6 Å². The summed E-state index contributed by atoms with van der Waals surface area (Å²) >= 11 is 0. The summed E-state index contributed by atoms with van der Waals surface area (Å²) in [7, 11) is 1.63. The molecule has 0 atom stereocenters. The number of imidazole rings is 1. The summed E-state index contributed by atoms with van der Waals surface area (Å²) < 4.78 is 6.89. The molecule has 0 spiro atoms. The summed E-state index contributed by atoms with van der Waals surface area (Å²) in [6, 6.07) is 11.0. The first-order chi connectivity index (χ1) is 14.6. The van der Waals surface area contributed by atoms with Crippen molar-refractivity contribution in [3.8, 4) is 17.0 Å². The summed E-state index contributed by atoms with van der Waals surface area (Å²) in [4.78, 5) is 29.9. The number of rotatable bonds is 7. The van der Waals surface area contributed by atoms with E-state index in [4.69, 9.17) is 4.74 Å². The van der Waals surface area contributed by atoms with E-state index in [0.717, 1.165) is 36.4 Å². The van der Waals surface area contributed by atoms with Crippen LogP contribution in [-0.4, -0.2) is 58.2 Å². The topological polar surface area (TPSA) is 101 Å². The van der Waals surface area contributed by atoms with E-state index in [1.165, 1.54) is 0 Å². The summed E-state index contributed by atoms with van der Waals surface area (Å²) in [5, 5.41) is 10.1. The van der Waals surface area contributed by atoms with Gasteiger partial charge in [0, 0.05) is 31.6 Å². The number of carbonyl (C=O) groups excluding carboxylic acids is 2. The number of nitrogens with zero attached hydrogens (tertiary/aromatic N) is 4. The molecule has 30 heavy (non-hydrogen) atoms. The second-order valence-electron chi connectivity index (χ2n) is 7.10. The van der Waals surface area contributed by atoms with Crippen LogP contribution in [0.4, 0.5) is 10.6 Å². The Morgan fingerprint density at radius 2 is 2.17 bits per heavy atom. The molecular formula is C21H24N6O3. The van der Waals surface area contributed by atoms with E-state index in [9.17, 15) is 9.59 Å². The Kier molecular flexibility index (Phi) is 5.78. The molecule has 3 aromatic rings. The zero-order valence-electron chi connectivity index (χ0n) is 16.8. The maximum absolute atomic E-state index is 12.1. The van der Waals surface area contributed by atoms with Gasteiger partial charge >= 0.3 is 6.03 Å². The minimum absolute atomic E-state index is 0.199. The van der Waals surface area contributed by atoms with Crippen LogP contribution in [0.1, 0.15) is 19.3 Å². The van der Waals surface area contributed by atoms with Gasteiger partial charge in [0.1, 0.15) is 5.75 Å². The quantitative estimate of drug-likeness (QED) is 0.585. The predicted molar refractivity (Wildman–Crippen MR) is 112 cm³/mol. The molecule has 0 unspecified atom stereocenters. The lowest BCUT2D eigenvalue weighted by Gasteiger charge is -2.15. The molecule has 0 radical (unpaired) electrons. The molecule has 1 fully saturated rings. The fraction of sp³-hybridized carbons (Fsp3) is 0.333. The van der Waals surface area contributed by atoms with Crippen molar-refractivity contribution in [3.05, 3.63) is 42.6 Å². The van der Waals surface area contributed by atoms with Crippen molar-refractivity contribution in [2.24, 2.45) is 0 Å². The number of amides is 3. The number of hydrogen-bond donors (Lipinski definition) is 2. The van der Waals surface area contributed by atoms with Crippen LogP contribution >= 0.6 is 0 Å². The van der Waals surface area contributed by atoms with E-state index >= 15 is 0 Å². The Balaban J connectivity index is 1.34. The van der Waals surface area contributed by atoms with Gasteiger partial charge in [-0.05, 0) is 37.1 Å². The van der Waals surface area contributed by atoms with Crippen LogP contribution in [0.5, 0.6) is 5.75 Å². The van der Waals surface area contributed by atoms with Gasteiger partial charge in [-0.1, -0.05) is 12.1 Å². The minimum atomic E-state index is -0.334. The van der Waals surface area contributed by atoms with E-state index in [1.807, 2.05) is 41.3 Å². The Labute approximate surface area is 174 Å². The molecule has 0 saturated carbocycles. The van der Waals surface area contributed by atoms with E-state index in [2.05, 4.69) is 20.7 Å². The number of nitrogens with one attached hydrogen (secondary N) is 2. The van der Waals surface area contributed by atoms with E-state index in [1.54, 1.807) is 17.8 Å². The predicted octanol–water partition coefficient (Wildman–Crippen LogP) is 2.54. The van der Waals surface area contributed by atoms with Crippen molar-refractivity contribution >= 4 is 23.4 Å². The van der Waals surface area contributed by atoms with Crippen molar-refractivity contribution in [2.75, 3.05) is 32.1 Å². The van der Waals surface area contributed by atoms with Gasteiger partial charge in [-0.25, -0.2) is 14.3 Å². The smallest absolute Gasteiger partial charge is 0.320 e. The van der Waals surface area contributed by atoms with Crippen LogP contribution in [0.2, 0.25) is 0 Å². The third kappa shape index (κ3) is 4.51. The molecule has 156 valence electrons. The highest BCUT2D eigenvalue weighted by Gasteiger charge is 2.19. The van der Waals surface area contributed by atoms with Crippen LogP contribution in [0.25, 0.3) is 16.9 Å². The molecule has 3 heterocycles. The number of carbonyl (C=O) groups is 2. The first kappa shape index (κ1) is 19.7. The number of aromatic nitrogens is 3. The number of benzene rings is 1. The molecule has 1 aromatic carbocycles. The van der Waals surface area contributed by atoms with Crippen LogP contribution in [-0.2, 0) is 4.79 Å². The van der Waals surface area contributed by atoms with Crippen molar-refractivity contribution in [2.45, 2.75) is 19.3 Å². The van der Waals surface area contributed by atoms with Gasteiger partial charge in [-0.15, -0.1) is 0 Å². The van der Waals surface area contributed by atoms with Crippen molar-refractivity contribution < 1.29 is 14.3 Å². The maximum atomic E-state index is 12.1. The van der Waals surface area contributed by atoms with Crippen LogP contribution < -0.4 is 15.4 Å². The number of likely N-dealkylation sites (tertiary alicyclic amines) is 1. The number of hydrogen-bond acceptors (Lipinski definition) is 5. The lowest BCUT2D eigenvalue weighted by atomic mass is 10.1. The third-order valence-corrected chi connectivity index (χ3v) is 4.99. The molecular weight excluding hydrogens is 384 g/mol. The van der Waals surface area contributed by atoms with Gasteiger partial charge < -0.3 is 15.0 Å². The number of methoxy groups -OCH3 is 1. The number of urea groups is 1. The van der Waals surface area contributed by atoms with Crippen molar-refractivity contribution in [3.63, 3.8) is 0 Å². The molecule has 3 amide bonds. The molecule has 1 aliphatic heterocycles. The zero-order chi connectivity index (χ0) is 20.9. The lowest BCUT2D eigenvalue weighted by molar-refractivity contribution is -0.127. The number of anilines is 1. The molecule has 9 heteroatoms. The Bertz CT molecular complexity index is 1060. The lowest BCUT2D eigenvalue weighted by Crippen LogP contribution is -2.33. The molecule has 2 aromatic heterocycles. The Morgan fingerprint density at radius 3 is 2.97 bits per heavy atom. The highest BCUT2D eigenvalue weighted by atomic mass is 16.5.